The SMILES string of the molecule is COC(=O)C1CCCN1c1ccc(C(N)=S)c(Br)c1. The zero-order chi connectivity index (χ0) is 14.0. The molecule has 1 atom stereocenters. The second-order valence-corrected chi connectivity index (χ2v) is 5.70. The molecule has 102 valence electrons. The number of benzene rings is 1. The van der Waals surface area contributed by atoms with E-state index in [1.807, 2.05) is 18.2 Å². The standard InChI is InChI=1S/C13H15BrN2O2S/c1-18-13(17)11-3-2-6-16(11)8-4-5-9(12(15)19)10(14)7-8/h4-5,7,11H,2-3,6H2,1H3,(H2,15,19). The van der Waals surface area contributed by atoms with Gasteiger partial charge < -0.3 is 15.4 Å². The van der Waals surface area contributed by atoms with Crippen molar-refractivity contribution in [2.24, 2.45) is 5.73 Å². The number of carbonyl (C=O) groups excluding carboxylic acids is 1. The molecule has 1 heterocycles. The number of carbonyl (C=O) groups is 1. The minimum atomic E-state index is -0.201. The van der Waals surface area contributed by atoms with Gasteiger partial charge in [-0.15, -0.1) is 0 Å². The van der Waals surface area contributed by atoms with Gasteiger partial charge in [-0.05, 0) is 47.0 Å². The molecule has 0 spiro atoms. The minimum absolute atomic E-state index is 0.188. The lowest BCUT2D eigenvalue weighted by Crippen LogP contribution is -2.36. The smallest absolute Gasteiger partial charge is 0.328 e. The number of nitrogens with two attached hydrogens (primary N) is 1. The van der Waals surface area contributed by atoms with Crippen LogP contribution in [0.3, 0.4) is 0 Å². The van der Waals surface area contributed by atoms with E-state index in [4.69, 9.17) is 22.7 Å². The summed E-state index contributed by atoms with van der Waals surface area (Å²) in [5, 5.41) is 0. The third-order valence-corrected chi connectivity index (χ3v) is 4.15. The van der Waals surface area contributed by atoms with E-state index in [9.17, 15) is 4.79 Å². The van der Waals surface area contributed by atoms with Crippen LogP contribution < -0.4 is 10.6 Å². The fourth-order valence-electron chi connectivity index (χ4n) is 2.34. The van der Waals surface area contributed by atoms with Crippen LogP contribution in [0.5, 0.6) is 0 Å². The van der Waals surface area contributed by atoms with Crippen molar-refractivity contribution in [3.05, 3.63) is 28.2 Å². The second-order valence-electron chi connectivity index (χ2n) is 4.40. The maximum Gasteiger partial charge on any atom is 0.328 e. The number of nitrogens with zero attached hydrogens (tertiary/aromatic N) is 1. The van der Waals surface area contributed by atoms with Crippen molar-refractivity contribution < 1.29 is 9.53 Å². The average Bonchev–Trinajstić information content (AvgIpc) is 2.86. The molecular formula is C13H15BrN2O2S. The zero-order valence-electron chi connectivity index (χ0n) is 10.6. The zero-order valence-corrected chi connectivity index (χ0v) is 13.0. The van der Waals surface area contributed by atoms with Crippen LogP contribution in [0.15, 0.2) is 22.7 Å². The first-order valence-corrected chi connectivity index (χ1v) is 7.18. The van der Waals surface area contributed by atoms with Crippen LogP contribution in [0.2, 0.25) is 0 Å². The van der Waals surface area contributed by atoms with Gasteiger partial charge >= 0.3 is 5.97 Å². The van der Waals surface area contributed by atoms with E-state index >= 15 is 0 Å². The van der Waals surface area contributed by atoms with Crippen molar-refractivity contribution in [3.63, 3.8) is 0 Å². The number of esters is 1. The Kier molecular flexibility index (Phi) is 4.42. The van der Waals surface area contributed by atoms with Gasteiger partial charge in [-0.2, -0.15) is 0 Å². The minimum Gasteiger partial charge on any atom is -0.467 e. The van der Waals surface area contributed by atoms with Crippen molar-refractivity contribution in [3.8, 4) is 0 Å². The topological polar surface area (TPSA) is 55.6 Å². The Balaban J connectivity index is 2.29. The maximum absolute atomic E-state index is 11.7. The molecule has 0 radical (unpaired) electrons. The van der Waals surface area contributed by atoms with Crippen LogP contribution in [0.4, 0.5) is 5.69 Å². The Hall–Kier alpha value is -1.14. The molecule has 0 aromatic heterocycles. The Bertz CT molecular complexity index is 521. The van der Waals surface area contributed by atoms with Crippen molar-refractivity contribution in [1.29, 1.82) is 0 Å². The van der Waals surface area contributed by atoms with Crippen LogP contribution in [0.25, 0.3) is 0 Å². The average molecular weight is 343 g/mol. The predicted octanol–water partition coefficient (Wildman–Crippen LogP) is 2.23. The summed E-state index contributed by atoms with van der Waals surface area (Å²) in [4.78, 5) is 14.1. The summed E-state index contributed by atoms with van der Waals surface area (Å²) in [6.45, 7) is 0.846. The first-order valence-electron chi connectivity index (χ1n) is 5.98. The predicted molar refractivity (Wildman–Crippen MR) is 82.4 cm³/mol. The van der Waals surface area contributed by atoms with Crippen molar-refractivity contribution in [1.82, 2.24) is 0 Å². The molecule has 0 amide bonds. The highest BCUT2D eigenvalue weighted by atomic mass is 79.9. The summed E-state index contributed by atoms with van der Waals surface area (Å²) in [7, 11) is 1.42. The van der Waals surface area contributed by atoms with Gasteiger partial charge in [0.25, 0.3) is 0 Å². The molecule has 6 heteroatoms. The molecule has 0 aliphatic carbocycles. The molecule has 0 bridgehead atoms. The second kappa shape index (κ2) is 5.88. The Morgan fingerprint density at radius 3 is 2.89 bits per heavy atom. The summed E-state index contributed by atoms with van der Waals surface area (Å²) in [5.41, 5.74) is 7.40. The van der Waals surface area contributed by atoms with Gasteiger partial charge in [-0.1, -0.05) is 12.2 Å². The highest BCUT2D eigenvalue weighted by Gasteiger charge is 2.31. The van der Waals surface area contributed by atoms with Gasteiger partial charge in [0.15, 0.2) is 0 Å². The summed E-state index contributed by atoms with van der Waals surface area (Å²) < 4.78 is 5.69. The van der Waals surface area contributed by atoms with Gasteiger partial charge in [0.1, 0.15) is 11.0 Å². The van der Waals surface area contributed by atoms with Gasteiger partial charge in [0, 0.05) is 22.3 Å². The Labute approximate surface area is 126 Å². The highest BCUT2D eigenvalue weighted by Crippen LogP contribution is 2.30. The van der Waals surface area contributed by atoms with Crippen LogP contribution in [-0.4, -0.2) is 30.7 Å². The number of rotatable bonds is 3. The summed E-state index contributed by atoms with van der Waals surface area (Å²) in [6.07, 6.45) is 1.80. The number of hydrogen-bond donors (Lipinski definition) is 1. The number of methoxy groups -OCH3 is 1. The normalized spacial score (nSPS) is 18.4. The number of thiocarbonyl (C=S) groups is 1. The Morgan fingerprint density at radius 1 is 1.58 bits per heavy atom. The van der Waals surface area contributed by atoms with E-state index in [1.165, 1.54) is 7.11 Å². The molecule has 1 aliphatic rings. The molecule has 1 aromatic carbocycles. The molecule has 19 heavy (non-hydrogen) atoms. The van der Waals surface area contributed by atoms with Crippen molar-refractivity contribution >= 4 is 44.8 Å². The largest absolute Gasteiger partial charge is 0.467 e. The van der Waals surface area contributed by atoms with Crippen LogP contribution in [0.1, 0.15) is 18.4 Å². The molecule has 2 rings (SSSR count). The number of halogens is 1. The van der Waals surface area contributed by atoms with E-state index in [1.54, 1.807) is 0 Å². The molecular weight excluding hydrogens is 328 g/mol. The maximum atomic E-state index is 11.7. The fourth-order valence-corrected chi connectivity index (χ4v) is 3.23. The number of ether oxygens (including phenoxy) is 1. The molecule has 2 N–H and O–H groups in total. The first kappa shape index (κ1) is 14.3. The quantitative estimate of drug-likeness (QED) is 0.674. The van der Waals surface area contributed by atoms with Gasteiger partial charge in [0.05, 0.1) is 7.11 Å². The summed E-state index contributed by atoms with van der Waals surface area (Å²) in [6, 6.07) is 5.54. The monoisotopic (exact) mass is 342 g/mol. The van der Waals surface area contributed by atoms with E-state index in [0.29, 0.717) is 4.99 Å². The summed E-state index contributed by atoms with van der Waals surface area (Å²) >= 11 is 8.43. The van der Waals surface area contributed by atoms with E-state index < -0.39 is 0 Å². The van der Waals surface area contributed by atoms with Crippen molar-refractivity contribution in [2.75, 3.05) is 18.6 Å². The lowest BCUT2D eigenvalue weighted by atomic mass is 10.1. The van der Waals surface area contributed by atoms with Crippen LogP contribution >= 0.6 is 28.1 Å². The van der Waals surface area contributed by atoms with Gasteiger partial charge in [-0.3, -0.25) is 0 Å². The lowest BCUT2D eigenvalue weighted by Gasteiger charge is -2.25. The fraction of sp³-hybridized carbons (Fsp3) is 0.385. The molecule has 1 saturated heterocycles. The number of hydrogen-bond acceptors (Lipinski definition) is 4. The van der Waals surface area contributed by atoms with E-state index in [2.05, 4.69) is 20.8 Å². The van der Waals surface area contributed by atoms with Crippen LogP contribution in [0, 0.1) is 0 Å². The van der Waals surface area contributed by atoms with Crippen molar-refractivity contribution in [2.45, 2.75) is 18.9 Å². The molecule has 1 fully saturated rings. The molecule has 1 unspecified atom stereocenters. The molecule has 4 nitrogen and oxygen atoms in total. The highest BCUT2D eigenvalue weighted by molar-refractivity contribution is 9.10. The third-order valence-electron chi connectivity index (χ3n) is 3.28. The van der Waals surface area contributed by atoms with Crippen LogP contribution in [-0.2, 0) is 9.53 Å². The summed E-state index contributed by atoms with van der Waals surface area (Å²) in [5.74, 6) is -0.188. The molecule has 1 aliphatic heterocycles. The Morgan fingerprint density at radius 2 is 2.32 bits per heavy atom. The molecule has 0 saturated carbocycles. The third kappa shape index (κ3) is 2.90. The van der Waals surface area contributed by atoms with E-state index in [0.717, 1.165) is 35.1 Å². The first-order chi connectivity index (χ1) is 9.04. The number of anilines is 1. The van der Waals surface area contributed by atoms with Gasteiger partial charge in [-0.25, -0.2) is 4.79 Å². The van der Waals surface area contributed by atoms with E-state index in [-0.39, 0.29) is 12.0 Å². The molecule has 1 aromatic rings. The lowest BCUT2D eigenvalue weighted by molar-refractivity contribution is -0.141. The van der Waals surface area contributed by atoms with Gasteiger partial charge in [0.2, 0.25) is 0 Å².